The van der Waals surface area contributed by atoms with E-state index in [0.29, 0.717) is 17.8 Å². The number of nitrogens with one attached hydrogen (secondary N) is 1. The fraction of sp³-hybridized carbons (Fsp3) is 0.250. The second kappa shape index (κ2) is 7.54. The third-order valence-electron chi connectivity index (χ3n) is 3.05. The van der Waals surface area contributed by atoms with E-state index < -0.39 is 0 Å². The Hall–Kier alpha value is -1.69. The summed E-state index contributed by atoms with van der Waals surface area (Å²) in [7, 11) is 1.87. The van der Waals surface area contributed by atoms with E-state index in [1.165, 1.54) is 18.3 Å². The SMILES string of the molecule is CC(=O)c1ccccc1NC(=O)CN(C)Cc1ccc(Cl)s1. The molecule has 0 unspecified atom stereocenters. The summed E-state index contributed by atoms with van der Waals surface area (Å²) in [6, 6.07) is 10.8. The Bertz CT molecular complexity index is 684. The third-order valence-corrected chi connectivity index (χ3v) is 4.26. The number of rotatable bonds is 6. The Kier molecular flexibility index (Phi) is 5.71. The van der Waals surface area contributed by atoms with Crippen LogP contribution in [0.15, 0.2) is 36.4 Å². The van der Waals surface area contributed by atoms with Crippen LogP contribution in [0.5, 0.6) is 0 Å². The number of anilines is 1. The summed E-state index contributed by atoms with van der Waals surface area (Å²) in [5.41, 5.74) is 1.07. The van der Waals surface area contributed by atoms with E-state index in [1.54, 1.807) is 24.3 Å². The minimum absolute atomic E-state index is 0.0718. The van der Waals surface area contributed by atoms with Crippen LogP contribution in [0.4, 0.5) is 5.69 Å². The highest BCUT2D eigenvalue weighted by Gasteiger charge is 2.12. The number of nitrogens with zero attached hydrogens (tertiary/aromatic N) is 1. The van der Waals surface area contributed by atoms with Crippen molar-refractivity contribution in [2.45, 2.75) is 13.5 Å². The van der Waals surface area contributed by atoms with Crippen molar-refractivity contribution in [2.75, 3.05) is 18.9 Å². The van der Waals surface area contributed by atoms with Crippen molar-refractivity contribution in [3.63, 3.8) is 0 Å². The molecule has 2 rings (SSSR count). The van der Waals surface area contributed by atoms with Crippen LogP contribution in [0.1, 0.15) is 22.2 Å². The largest absolute Gasteiger partial charge is 0.324 e. The molecular formula is C16H17ClN2O2S. The van der Waals surface area contributed by atoms with Crippen molar-refractivity contribution in [2.24, 2.45) is 0 Å². The van der Waals surface area contributed by atoms with Gasteiger partial charge in [-0.1, -0.05) is 23.7 Å². The van der Waals surface area contributed by atoms with Crippen LogP contribution < -0.4 is 5.32 Å². The van der Waals surface area contributed by atoms with Gasteiger partial charge in [-0.3, -0.25) is 14.5 Å². The molecule has 0 spiro atoms. The van der Waals surface area contributed by atoms with Gasteiger partial charge in [-0.25, -0.2) is 0 Å². The molecule has 0 saturated heterocycles. The number of halogens is 1. The number of carbonyl (C=O) groups excluding carboxylic acids is 2. The fourth-order valence-electron chi connectivity index (χ4n) is 2.09. The molecule has 0 bridgehead atoms. The average molecular weight is 337 g/mol. The molecule has 0 aliphatic rings. The van der Waals surface area contributed by atoms with Gasteiger partial charge >= 0.3 is 0 Å². The molecule has 6 heteroatoms. The summed E-state index contributed by atoms with van der Waals surface area (Å²) < 4.78 is 0.739. The summed E-state index contributed by atoms with van der Waals surface area (Å²) in [4.78, 5) is 26.6. The number of thiophene rings is 1. The van der Waals surface area contributed by atoms with E-state index in [9.17, 15) is 9.59 Å². The Morgan fingerprint density at radius 3 is 2.59 bits per heavy atom. The summed E-state index contributed by atoms with van der Waals surface area (Å²) in [5.74, 6) is -0.226. The molecule has 116 valence electrons. The molecule has 1 N–H and O–H groups in total. The first-order valence-electron chi connectivity index (χ1n) is 6.78. The van der Waals surface area contributed by atoms with Crippen LogP contribution >= 0.6 is 22.9 Å². The summed E-state index contributed by atoms with van der Waals surface area (Å²) in [6.45, 7) is 2.37. The highest BCUT2D eigenvalue weighted by atomic mass is 35.5. The highest BCUT2D eigenvalue weighted by Crippen LogP contribution is 2.22. The van der Waals surface area contributed by atoms with E-state index in [0.717, 1.165) is 9.21 Å². The maximum absolute atomic E-state index is 12.1. The molecule has 0 saturated carbocycles. The number of benzene rings is 1. The highest BCUT2D eigenvalue weighted by molar-refractivity contribution is 7.16. The molecule has 1 amide bonds. The zero-order chi connectivity index (χ0) is 16.1. The number of Topliss-reactive ketones (excluding diaryl/α,β-unsaturated/α-hetero) is 1. The van der Waals surface area contributed by atoms with Gasteiger partial charge in [-0.15, -0.1) is 11.3 Å². The van der Waals surface area contributed by atoms with Crippen molar-refractivity contribution in [1.82, 2.24) is 4.90 Å². The summed E-state index contributed by atoms with van der Waals surface area (Å²) in [6.07, 6.45) is 0. The Morgan fingerprint density at radius 1 is 1.23 bits per heavy atom. The molecule has 0 aliphatic carbocycles. The number of carbonyl (C=O) groups is 2. The second-order valence-corrected chi connectivity index (χ2v) is 6.83. The van der Waals surface area contributed by atoms with Gasteiger partial charge in [0.25, 0.3) is 0 Å². The topological polar surface area (TPSA) is 49.4 Å². The van der Waals surface area contributed by atoms with Crippen molar-refractivity contribution in [3.05, 3.63) is 51.2 Å². The Labute approximate surface area is 138 Å². The molecular weight excluding hydrogens is 320 g/mol. The van der Waals surface area contributed by atoms with Crippen molar-refractivity contribution < 1.29 is 9.59 Å². The molecule has 22 heavy (non-hydrogen) atoms. The van der Waals surface area contributed by atoms with Gasteiger partial charge in [-0.05, 0) is 38.2 Å². The van der Waals surface area contributed by atoms with Crippen molar-refractivity contribution in [3.8, 4) is 0 Å². The minimum Gasteiger partial charge on any atom is -0.324 e. The van der Waals surface area contributed by atoms with Crippen LogP contribution in [-0.4, -0.2) is 30.2 Å². The van der Waals surface area contributed by atoms with Crippen LogP contribution in [-0.2, 0) is 11.3 Å². The van der Waals surface area contributed by atoms with E-state index in [4.69, 9.17) is 11.6 Å². The third kappa shape index (κ3) is 4.66. The van der Waals surface area contributed by atoms with E-state index in [1.807, 2.05) is 24.1 Å². The van der Waals surface area contributed by atoms with E-state index in [2.05, 4.69) is 5.32 Å². The fourth-order valence-corrected chi connectivity index (χ4v) is 3.26. The van der Waals surface area contributed by atoms with Gasteiger partial charge in [0.05, 0.1) is 16.6 Å². The molecule has 0 radical (unpaired) electrons. The first-order valence-corrected chi connectivity index (χ1v) is 7.97. The van der Waals surface area contributed by atoms with Gasteiger partial charge in [0, 0.05) is 17.0 Å². The first-order chi connectivity index (χ1) is 10.5. The normalized spacial score (nSPS) is 10.7. The van der Waals surface area contributed by atoms with Gasteiger partial charge in [-0.2, -0.15) is 0 Å². The van der Waals surface area contributed by atoms with E-state index in [-0.39, 0.29) is 18.2 Å². The zero-order valence-corrected chi connectivity index (χ0v) is 14.0. The van der Waals surface area contributed by atoms with E-state index >= 15 is 0 Å². The molecule has 1 heterocycles. The van der Waals surface area contributed by atoms with Gasteiger partial charge in [0.2, 0.25) is 5.91 Å². The predicted molar refractivity (Wildman–Crippen MR) is 90.7 cm³/mol. The monoisotopic (exact) mass is 336 g/mol. The molecule has 2 aromatic rings. The van der Waals surface area contributed by atoms with Crippen LogP contribution in [0.3, 0.4) is 0 Å². The molecule has 0 atom stereocenters. The number of hydrogen-bond acceptors (Lipinski definition) is 4. The summed E-state index contributed by atoms with van der Waals surface area (Å²) >= 11 is 7.39. The molecule has 1 aromatic heterocycles. The first kappa shape index (κ1) is 16.7. The predicted octanol–water partition coefficient (Wildman–Crippen LogP) is 3.67. The Morgan fingerprint density at radius 2 is 1.95 bits per heavy atom. The van der Waals surface area contributed by atoms with Crippen LogP contribution in [0, 0.1) is 0 Å². The lowest BCUT2D eigenvalue weighted by Gasteiger charge is -2.16. The lowest BCUT2D eigenvalue weighted by molar-refractivity contribution is -0.117. The van der Waals surface area contributed by atoms with Crippen molar-refractivity contribution >= 4 is 40.3 Å². The number of hydrogen-bond donors (Lipinski definition) is 1. The lowest BCUT2D eigenvalue weighted by atomic mass is 10.1. The van der Waals surface area contributed by atoms with Gasteiger partial charge < -0.3 is 5.32 Å². The van der Waals surface area contributed by atoms with Crippen LogP contribution in [0.25, 0.3) is 0 Å². The van der Waals surface area contributed by atoms with Crippen LogP contribution in [0.2, 0.25) is 4.34 Å². The number of amides is 1. The average Bonchev–Trinajstić information content (AvgIpc) is 2.83. The number of likely N-dealkylation sites (N-methyl/N-ethyl adjacent to an activating group) is 1. The number of ketones is 1. The zero-order valence-electron chi connectivity index (χ0n) is 12.4. The van der Waals surface area contributed by atoms with Crippen molar-refractivity contribution in [1.29, 1.82) is 0 Å². The maximum Gasteiger partial charge on any atom is 0.238 e. The smallest absolute Gasteiger partial charge is 0.238 e. The second-order valence-electron chi connectivity index (χ2n) is 5.03. The number of para-hydroxylation sites is 1. The molecule has 0 aliphatic heterocycles. The summed E-state index contributed by atoms with van der Waals surface area (Å²) in [5, 5.41) is 2.79. The standard InChI is InChI=1S/C16H17ClN2O2S/c1-11(20)13-5-3-4-6-14(13)18-16(21)10-19(2)9-12-7-8-15(17)22-12/h3-8H,9-10H2,1-2H3,(H,18,21). The molecule has 0 fully saturated rings. The molecule has 4 nitrogen and oxygen atoms in total. The van der Waals surface area contributed by atoms with Gasteiger partial charge in [0.1, 0.15) is 0 Å². The van der Waals surface area contributed by atoms with Gasteiger partial charge in [0.15, 0.2) is 5.78 Å². The molecule has 1 aromatic carbocycles. The maximum atomic E-state index is 12.1. The Balaban J connectivity index is 1.94. The quantitative estimate of drug-likeness (QED) is 0.819. The minimum atomic E-state index is -0.154. The lowest BCUT2D eigenvalue weighted by Crippen LogP contribution is -2.30.